The molecular weight excluding hydrogens is 363 g/mol. The molecule has 1 fully saturated rings. The van der Waals surface area contributed by atoms with E-state index < -0.39 is 17.9 Å². The lowest BCUT2D eigenvalue weighted by Gasteiger charge is -2.31. The van der Waals surface area contributed by atoms with Crippen LogP contribution in [0.3, 0.4) is 0 Å². The van der Waals surface area contributed by atoms with Crippen LogP contribution in [0, 0.1) is 5.92 Å². The van der Waals surface area contributed by atoms with E-state index in [-0.39, 0.29) is 33.1 Å². The van der Waals surface area contributed by atoms with Crippen molar-refractivity contribution >= 4 is 40.9 Å². The van der Waals surface area contributed by atoms with Crippen LogP contribution in [0.5, 0.6) is 0 Å². The fraction of sp³-hybridized carbons (Fsp3) is 0.500. The standard InChI is InChI=1S/C18H20Cl2N2O3/c1-9-5-3-4-6-15(9)21-16(23)10(2)22-17(24)11-7-13(19)14(20)8-12(11)18(22)25/h7-10,15H,3-6H2,1-2H3,(H,21,23). The van der Waals surface area contributed by atoms with Gasteiger partial charge in [-0.1, -0.05) is 43.0 Å². The van der Waals surface area contributed by atoms with E-state index in [1.807, 2.05) is 0 Å². The van der Waals surface area contributed by atoms with Crippen molar-refractivity contribution in [1.82, 2.24) is 10.2 Å². The zero-order chi connectivity index (χ0) is 18.3. The number of benzene rings is 1. The summed E-state index contributed by atoms with van der Waals surface area (Å²) >= 11 is 11.9. The molecule has 1 aliphatic heterocycles. The van der Waals surface area contributed by atoms with Crippen molar-refractivity contribution in [2.75, 3.05) is 0 Å². The molecule has 3 rings (SSSR count). The predicted octanol–water partition coefficient (Wildman–Crippen LogP) is 3.67. The average molecular weight is 383 g/mol. The van der Waals surface area contributed by atoms with Crippen molar-refractivity contribution in [3.05, 3.63) is 33.3 Å². The van der Waals surface area contributed by atoms with Gasteiger partial charge in [0.25, 0.3) is 11.8 Å². The molecule has 1 saturated carbocycles. The summed E-state index contributed by atoms with van der Waals surface area (Å²) < 4.78 is 0. The summed E-state index contributed by atoms with van der Waals surface area (Å²) in [5.74, 6) is -0.953. The number of halogens is 2. The lowest BCUT2D eigenvalue weighted by molar-refractivity contribution is -0.125. The lowest BCUT2D eigenvalue weighted by atomic mass is 9.86. The fourth-order valence-corrected chi connectivity index (χ4v) is 3.88. The third-order valence-corrected chi connectivity index (χ3v) is 5.89. The Balaban J connectivity index is 1.78. The molecule has 1 aromatic rings. The number of carbonyl (C=O) groups is 3. The number of hydrogen-bond donors (Lipinski definition) is 1. The van der Waals surface area contributed by atoms with E-state index in [0.717, 1.165) is 24.2 Å². The summed E-state index contributed by atoms with van der Waals surface area (Å²) in [7, 11) is 0. The highest BCUT2D eigenvalue weighted by Crippen LogP contribution is 2.32. The number of nitrogens with one attached hydrogen (secondary N) is 1. The summed E-state index contributed by atoms with van der Waals surface area (Å²) in [6.45, 7) is 3.68. The molecule has 3 unspecified atom stereocenters. The maximum Gasteiger partial charge on any atom is 0.262 e. The van der Waals surface area contributed by atoms with Gasteiger partial charge in [-0.3, -0.25) is 19.3 Å². The van der Waals surface area contributed by atoms with E-state index in [4.69, 9.17) is 23.2 Å². The Morgan fingerprint density at radius 1 is 1.12 bits per heavy atom. The molecule has 0 saturated heterocycles. The molecule has 5 nitrogen and oxygen atoms in total. The van der Waals surface area contributed by atoms with Crippen LogP contribution < -0.4 is 5.32 Å². The molecule has 3 amide bonds. The van der Waals surface area contributed by atoms with Crippen molar-refractivity contribution < 1.29 is 14.4 Å². The molecule has 0 aromatic heterocycles. The predicted molar refractivity (Wildman–Crippen MR) is 96.0 cm³/mol. The van der Waals surface area contributed by atoms with Crippen molar-refractivity contribution in [1.29, 1.82) is 0 Å². The van der Waals surface area contributed by atoms with Crippen molar-refractivity contribution in [2.45, 2.75) is 51.6 Å². The lowest BCUT2D eigenvalue weighted by Crippen LogP contribution is -2.52. The van der Waals surface area contributed by atoms with Gasteiger partial charge < -0.3 is 5.32 Å². The summed E-state index contributed by atoms with van der Waals surface area (Å²) in [4.78, 5) is 38.8. The van der Waals surface area contributed by atoms with Crippen LogP contribution >= 0.6 is 23.2 Å². The normalized spacial score (nSPS) is 24.2. The topological polar surface area (TPSA) is 66.5 Å². The van der Waals surface area contributed by atoms with E-state index >= 15 is 0 Å². The molecular formula is C18H20Cl2N2O3. The number of amides is 3. The number of imide groups is 1. The Bertz CT molecular complexity index is 709. The summed E-state index contributed by atoms with van der Waals surface area (Å²) in [5, 5.41) is 3.41. The smallest absolute Gasteiger partial charge is 0.262 e. The van der Waals surface area contributed by atoms with E-state index in [0.29, 0.717) is 5.92 Å². The SMILES string of the molecule is CC1CCCCC1NC(=O)C(C)N1C(=O)c2cc(Cl)c(Cl)cc2C1=O. The molecule has 1 N–H and O–H groups in total. The second-order valence-electron chi connectivity index (χ2n) is 6.85. The average Bonchev–Trinajstić information content (AvgIpc) is 2.80. The molecule has 134 valence electrons. The Morgan fingerprint density at radius 3 is 2.16 bits per heavy atom. The van der Waals surface area contributed by atoms with Crippen molar-refractivity contribution in [2.24, 2.45) is 5.92 Å². The van der Waals surface area contributed by atoms with E-state index in [2.05, 4.69) is 12.2 Å². The number of nitrogens with zero attached hydrogens (tertiary/aromatic N) is 1. The van der Waals surface area contributed by atoms with Crippen molar-refractivity contribution in [3.63, 3.8) is 0 Å². The maximum absolute atomic E-state index is 12.6. The van der Waals surface area contributed by atoms with Crippen LogP contribution in [0.2, 0.25) is 10.0 Å². The second-order valence-corrected chi connectivity index (χ2v) is 7.66. The van der Waals surface area contributed by atoms with Gasteiger partial charge in [0, 0.05) is 6.04 Å². The third kappa shape index (κ3) is 3.27. The van der Waals surface area contributed by atoms with Crippen LogP contribution in [0.25, 0.3) is 0 Å². The largest absolute Gasteiger partial charge is 0.351 e. The van der Waals surface area contributed by atoms with Crippen LogP contribution in [0.4, 0.5) is 0 Å². The monoisotopic (exact) mass is 382 g/mol. The van der Waals surface area contributed by atoms with Crippen LogP contribution in [0.15, 0.2) is 12.1 Å². The van der Waals surface area contributed by atoms with E-state index in [1.54, 1.807) is 6.92 Å². The second kappa shape index (κ2) is 6.96. The van der Waals surface area contributed by atoms with Crippen LogP contribution in [-0.4, -0.2) is 34.7 Å². The minimum atomic E-state index is -0.890. The van der Waals surface area contributed by atoms with Gasteiger partial charge >= 0.3 is 0 Å². The molecule has 3 atom stereocenters. The summed E-state index contributed by atoms with van der Waals surface area (Å²) in [6.07, 6.45) is 4.24. The quantitative estimate of drug-likeness (QED) is 0.810. The van der Waals surface area contributed by atoms with Gasteiger partial charge in [-0.15, -0.1) is 0 Å². The Hall–Kier alpha value is -1.59. The van der Waals surface area contributed by atoms with E-state index in [1.165, 1.54) is 18.6 Å². The van der Waals surface area contributed by atoms with Gasteiger partial charge in [0.1, 0.15) is 6.04 Å². The molecule has 0 spiro atoms. The third-order valence-electron chi connectivity index (χ3n) is 5.16. The molecule has 0 radical (unpaired) electrons. The van der Waals surface area contributed by atoms with Crippen LogP contribution in [-0.2, 0) is 4.79 Å². The van der Waals surface area contributed by atoms with Gasteiger partial charge in [-0.25, -0.2) is 0 Å². The molecule has 25 heavy (non-hydrogen) atoms. The first-order chi connectivity index (χ1) is 11.8. The molecule has 1 aromatic carbocycles. The molecule has 2 aliphatic rings. The number of fused-ring (bicyclic) bond motifs is 1. The van der Waals surface area contributed by atoms with Gasteiger partial charge in [0.2, 0.25) is 5.91 Å². The first kappa shape index (κ1) is 18.2. The Labute approximate surface area is 156 Å². The minimum absolute atomic E-state index is 0.0859. The van der Waals surface area contributed by atoms with Gasteiger partial charge in [-0.05, 0) is 37.8 Å². The zero-order valence-corrected chi connectivity index (χ0v) is 15.7. The first-order valence-electron chi connectivity index (χ1n) is 8.48. The highest BCUT2D eigenvalue weighted by molar-refractivity contribution is 6.43. The van der Waals surface area contributed by atoms with Gasteiger partial charge in [-0.2, -0.15) is 0 Å². The van der Waals surface area contributed by atoms with Gasteiger partial charge in [0.15, 0.2) is 0 Å². The highest BCUT2D eigenvalue weighted by Gasteiger charge is 2.42. The minimum Gasteiger partial charge on any atom is -0.351 e. The highest BCUT2D eigenvalue weighted by atomic mass is 35.5. The molecule has 1 heterocycles. The summed E-state index contributed by atoms with van der Waals surface area (Å²) in [5.41, 5.74) is 0.371. The number of carbonyl (C=O) groups excluding carboxylic acids is 3. The first-order valence-corrected chi connectivity index (χ1v) is 9.24. The van der Waals surface area contributed by atoms with Gasteiger partial charge in [0.05, 0.1) is 21.2 Å². The fourth-order valence-electron chi connectivity index (χ4n) is 3.56. The van der Waals surface area contributed by atoms with E-state index in [9.17, 15) is 14.4 Å². The zero-order valence-electron chi connectivity index (χ0n) is 14.1. The van der Waals surface area contributed by atoms with Crippen LogP contribution in [0.1, 0.15) is 60.2 Å². The number of hydrogen-bond acceptors (Lipinski definition) is 3. The molecule has 0 bridgehead atoms. The molecule has 1 aliphatic carbocycles. The summed E-state index contributed by atoms with van der Waals surface area (Å²) in [6, 6.07) is 1.96. The molecule has 7 heteroatoms. The van der Waals surface area contributed by atoms with Crippen molar-refractivity contribution in [3.8, 4) is 0 Å². The maximum atomic E-state index is 12.6. The number of rotatable bonds is 3. The Morgan fingerprint density at radius 2 is 1.64 bits per heavy atom. The Kier molecular flexibility index (Phi) is 5.07.